The van der Waals surface area contributed by atoms with Crippen molar-refractivity contribution in [3.05, 3.63) is 66.0 Å². The van der Waals surface area contributed by atoms with Crippen molar-refractivity contribution in [3.8, 4) is 17.2 Å². The maximum Gasteiger partial charge on any atom is 0.219 e. The van der Waals surface area contributed by atoms with Crippen LogP contribution in [0, 0.1) is 29.5 Å². The topological polar surface area (TPSA) is 79.2 Å². The molecule has 1 aliphatic heterocycles. The summed E-state index contributed by atoms with van der Waals surface area (Å²) in [5.74, 6) is -0.119. The van der Waals surface area contributed by atoms with Gasteiger partial charge < -0.3 is 4.90 Å². The van der Waals surface area contributed by atoms with E-state index in [4.69, 9.17) is 5.10 Å². The summed E-state index contributed by atoms with van der Waals surface area (Å²) in [6, 6.07) is 11.2. The smallest absolute Gasteiger partial charge is 0.219 e. The van der Waals surface area contributed by atoms with E-state index in [-0.39, 0.29) is 17.1 Å². The number of halogens is 1. The Labute approximate surface area is 225 Å². The van der Waals surface area contributed by atoms with E-state index in [0.717, 1.165) is 66.9 Å². The standard InChI is InChI=1S/C29H29FN6OS/c1-19-24(16-33-36(19)23-7-9-29(10-8-23)11-12-34(18-29)20(2)37)21-13-27(38-26-6-4-3-5-25(26)30)28-22(14-31)15-32-35(28)17-21/h3-6,13,15-17,23H,7-12,18H2,1-2H3. The maximum atomic E-state index is 14.5. The first-order chi connectivity index (χ1) is 18.4. The molecule has 2 aliphatic rings. The van der Waals surface area contributed by atoms with Crippen LogP contribution in [-0.2, 0) is 4.79 Å². The van der Waals surface area contributed by atoms with Crippen LogP contribution in [0.2, 0.25) is 0 Å². The highest BCUT2D eigenvalue weighted by Crippen LogP contribution is 2.47. The van der Waals surface area contributed by atoms with Crippen molar-refractivity contribution in [2.24, 2.45) is 5.41 Å². The first kappa shape index (κ1) is 24.7. The zero-order chi connectivity index (χ0) is 26.4. The Hall–Kier alpha value is -3.64. The van der Waals surface area contributed by atoms with E-state index in [1.807, 2.05) is 23.4 Å². The van der Waals surface area contributed by atoms with Crippen molar-refractivity contribution in [1.29, 1.82) is 5.26 Å². The van der Waals surface area contributed by atoms with Gasteiger partial charge in [0.1, 0.15) is 11.9 Å². The van der Waals surface area contributed by atoms with Crippen LogP contribution in [-0.4, -0.2) is 43.3 Å². The average Bonchev–Trinajstić information content (AvgIpc) is 3.63. The summed E-state index contributed by atoms with van der Waals surface area (Å²) < 4.78 is 18.4. The Morgan fingerprint density at radius 1 is 1.16 bits per heavy atom. The summed E-state index contributed by atoms with van der Waals surface area (Å²) in [5.41, 5.74) is 4.39. The average molecular weight is 529 g/mol. The Bertz CT molecular complexity index is 1580. The van der Waals surface area contributed by atoms with Gasteiger partial charge in [-0.1, -0.05) is 23.9 Å². The maximum absolute atomic E-state index is 14.5. The number of rotatable bonds is 4. The monoisotopic (exact) mass is 528 g/mol. The zero-order valence-electron chi connectivity index (χ0n) is 21.5. The highest BCUT2D eigenvalue weighted by Gasteiger charge is 2.42. The molecule has 194 valence electrons. The Balaban J connectivity index is 1.30. The molecule has 6 rings (SSSR count). The number of pyridine rings is 1. The van der Waals surface area contributed by atoms with Crippen LogP contribution >= 0.6 is 11.8 Å². The van der Waals surface area contributed by atoms with Gasteiger partial charge in [-0.3, -0.25) is 9.48 Å². The third kappa shape index (κ3) is 4.27. The van der Waals surface area contributed by atoms with Crippen molar-refractivity contribution in [1.82, 2.24) is 24.3 Å². The Morgan fingerprint density at radius 2 is 1.95 bits per heavy atom. The third-order valence-electron chi connectivity index (χ3n) is 8.35. The number of nitriles is 1. The fourth-order valence-electron chi connectivity index (χ4n) is 6.18. The lowest BCUT2D eigenvalue weighted by Crippen LogP contribution is -2.34. The fourth-order valence-corrected chi connectivity index (χ4v) is 7.22. The zero-order valence-corrected chi connectivity index (χ0v) is 22.3. The molecule has 7 nitrogen and oxygen atoms in total. The molecule has 9 heteroatoms. The van der Waals surface area contributed by atoms with Gasteiger partial charge in [0.15, 0.2) is 0 Å². The van der Waals surface area contributed by atoms with Crippen LogP contribution in [0.25, 0.3) is 16.6 Å². The second-order valence-electron chi connectivity index (χ2n) is 10.6. The molecule has 38 heavy (non-hydrogen) atoms. The minimum atomic E-state index is -0.299. The number of aromatic nitrogens is 4. The minimum Gasteiger partial charge on any atom is -0.342 e. The van der Waals surface area contributed by atoms with E-state index >= 15 is 0 Å². The number of hydrogen-bond acceptors (Lipinski definition) is 5. The van der Waals surface area contributed by atoms with Gasteiger partial charge in [0.25, 0.3) is 0 Å². The van der Waals surface area contributed by atoms with E-state index in [9.17, 15) is 14.4 Å². The summed E-state index contributed by atoms with van der Waals surface area (Å²) in [7, 11) is 0. The lowest BCUT2D eigenvalue weighted by Gasteiger charge is -2.37. The minimum absolute atomic E-state index is 0.181. The molecule has 4 heterocycles. The number of carbonyl (C=O) groups excluding carboxylic acids is 1. The predicted molar refractivity (Wildman–Crippen MR) is 143 cm³/mol. The molecule has 0 radical (unpaired) electrons. The van der Waals surface area contributed by atoms with Gasteiger partial charge in [0.2, 0.25) is 5.91 Å². The fraction of sp³-hybridized carbons (Fsp3) is 0.379. The van der Waals surface area contributed by atoms with Crippen molar-refractivity contribution >= 4 is 23.2 Å². The number of nitrogens with zero attached hydrogens (tertiary/aromatic N) is 6. The van der Waals surface area contributed by atoms with Gasteiger partial charge in [-0.15, -0.1) is 0 Å². The van der Waals surface area contributed by atoms with Gasteiger partial charge in [-0.05, 0) is 62.6 Å². The highest BCUT2D eigenvalue weighted by atomic mass is 32.2. The molecule has 1 amide bonds. The number of likely N-dealkylation sites (tertiary alicyclic amines) is 1. The second-order valence-corrected chi connectivity index (χ2v) is 11.7. The van der Waals surface area contributed by atoms with Crippen molar-refractivity contribution in [2.75, 3.05) is 13.1 Å². The molecule has 1 aromatic carbocycles. The van der Waals surface area contributed by atoms with Crippen molar-refractivity contribution in [3.63, 3.8) is 0 Å². The summed E-state index contributed by atoms with van der Waals surface area (Å²) in [6.45, 7) is 5.52. The number of benzene rings is 1. The molecule has 4 aromatic rings. The van der Waals surface area contributed by atoms with E-state index in [2.05, 4.69) is 22.8 Å². The Kier molecular flexibility index (Phi) is 6.23. The summed E-state index contributed by atoms with van der Waals surface area (Å²) >= 11 is 1.30. The molecule has 0 N–H and O–H groups in total. The molecular formula is C29H29FN6OS. The molecule has 0 bridgehead atoms. The van der Waals surface area contributed by atoms with Crippen LogP contribution in [0.1, 0.15) is 56.3 Å². The van der Waals surface area contributed by atoms with Gasteiger partial charge in [-0.25, -0.2) is 8.91 Å². The van der Waals surface area contributed by atoms with Gasteiger partial charge >= 0.3 is 0 Å². The van der Waals surface area contributed by atoms with Crippen LogP contribution in [0.15, 0.2) is 58.7 Å². The lowest BCUT2D eigenvalue weighted by molar-refractivity contribution is -0.128. The molecule has 1 aliphatic carbocycles. The lowest BCUT2D eigenvalue weighted by atomic mass is 9.72. The second kappa shape index (κ2) is 9.59. The first-order valence-corrected chi connectivity index (χ1v) is 13.8. The summed E-state index contributed by atoms with van der Waals surface area (Å²) in [4.78, 5) is 15.1. The molecule has 0 unspecified atom stereocenters. The molecule has 3 aromatic heterocycles. The van der Waals surface area contributed by atoms with Gasteiger partial charge in [0.05, 0.1) is 29.5 Å². The van der Waals surface area contributed by atoms with E-state index in [1.54, 1.807) is 35.8 Å². The number of fused-ring (bicyclic) bond motifs is 1. The summed E-state index contributed by atoms with van der Waals surface area (Å²) in [5, 5.41) is 18.9. The normalized spacial score (nSPS) is 21.3. The SMILES string of the molecule is CC(=O)N1CCC2(CCC(n3ncc(-c4cc(Sc5ccccc5F)c5c(C#N)cnn5c4)c3C)CC2)C1. The molecule has 1 spiro atoms. The third-order valence-corrected chi connectivity index (χ3v) is 9.44. The van der Waals surface area contributed by atoms with Gasteiger partial charge in [0, 0.05) is 52.8 Å². The van der Waals surface area contributed by atoms with Crippen LogP contribution in [0.4, 0.5) is 4.39 Å². The molecule has 0 atom stereocenters. The quantitative estimate of drug-likeness (QED) is 0.324. The largest absolute Gasteiger partial charge is 0.342 e. The molecule has 1 saturated heterocycles. The van der Waals surface area contributed by atoms with E-state index < -0.39 is 0 Å². The van der Waals surface area contributed by atoms with Crippen LogP contribution < -0.4 is 0 Å². The summed E-state index contributed by atoms with van der Waals surface area (Å²) in [6.07, 6.45) is 10.8. The van der Waals surface area contributed by atoms with Gasteiger partial charge in [-0.2, -0.15) is 15.5 Å². The molecule has 2 fully saturated rings. The Morgan fingerprint density at radius 3 is 2.66 bits per heavy atom. The molecule has 1 saturated carbocycles. The van der Waals surface area contributed by atoms with Crippen LogP contribution in [0.5, 0.6) is 0 Å². The molecular weight excluding hydrogens is 499 g/mol. The van der Waals surface area contributed by atoms with Crippen LogP contribution in [0.3, 0.4) is 0 Å². The van der Waals surface area contributed by atoms with E-state index in [1.165, 1.54) is 17.8 Å². The number of carbonyl (C=O) groups is 1. The van der Waals surface area contributed by atoms with E-state index in [0.29, 0.717) is 22.0 Å². The highest BCUT2D eigenvalue weighted by molar-refractivity contribution is 7.99. The predicted octanol–water partition coefficient (Wildman–Crippen LogP) is 6.02. The first-order valence-electron chi connectivity index (χ1n) is 13.0. The number of amides is 1. The van der Waals surface area contributed by atoms with Crippen molar-refractivity contribution < 1.29 is 9.18 Å². The number of hydrogen-bond donors (Lipinski definition) is 0. The van der Waals surface area contributed by atoms with Crippen molar-refractivity contribution in [2.45, 2.75) is 61.8 Å².